The number of rotatable bonds is 3. The highest BCUT2D eigenvalue weighted by Crippen LogP contribution is 2.42. The summed E-state index contributed by atoms with van der Waals surface area (Å²) in [5.74, 6) is 0.908. The van der Waals surface area contributed by atoms with Crippen molar-refractivity contribution < 1.29 is 14.3 Å². The molecule has 0 spiro atoms. The highest BCUT2D eigenvalue weighted by Gasteiger charge is 2.41. The Morgan fingerprint density at radius 3 is 2.77 bits per heavy atom. The van der Waals surface area contributed by atoms with Crippen molar-refractivity contribution in [2.75, 3.05) is 40.0 Å². The summed E-state index contributed by atoms with van der Waals surface area (Å²) in [5.41, 5.74) is 1.22. The Morgan fingerprint density at radius 2 is 2.09 bits per heavy atom. The number of ketones is 1. The Hall–Kier alpha value is -1.10. The molecular formula is C17H22ClNO3. The predicted molar refractivity (Wildman–Crippen MR) is 86.0 cm³/mol. The first-order valence-corrected chi connectivity index (χ1v) is 8.13. The van der Waals surface area contributed by atoms with Crippen molar-refractivity contribution in [3.05, 3.63) is 28.3 Å². The second kappa shape index (κ2) is 6.19. The van der Waals surface area contributed by atoms with Crippen LogP contribution in [0.5, 0.6) is 5.75 Å². The van der Waals surface area contributed by atoms with Gasteiger partial charge in [0.15, 0.2) is 5.78 Å². The molecule has 1 unspecified atom stereocenters. The summed E-state index contributed by atoms with van der Waals surface area (Å²) in [5, 5.41) is 0.536. The molecule has 22 heavy (non-hydrogen) atoms. The van der Waals surface area contributed by atoms with Gasteiger partial charge in [-0.05, 0) is 25.0 Å². The summed E-state index contributed by atoms with van der Waals surface area (Å²) >= 11 is 6.33. The van der Waals surface area contributed by atoms with E-state index in [4.69, 9.17) is 21.1 Å². The van der Waals surface area contributed by atoms with E-state index in [2.05, 4.69) is 11.8 Å². The van der Waals surface area contributed by atoms with Crippen LogP contribution in [0, 0.1) is 5.41 Å². The van der Waals surface area contributed by atoms with E-state index in [0.717, 1.165) is 57.0 Å². The normalized spacial score (nSPS) is 25.9. The SMILES string of the molecule is COc1ccc(Cl)c2c1CCC(C)(CN1CCOCC1)C2=O. The molecule has 2 aliphatic rings. The lowest BCUT2D eigenvalue weighted by atomic mass is 9.71. The Morgan fingerprint density at radius 1 is 1.36 bits per heavy atom. The molecule has 5 heteroatoms. The van der Waals surface area contributed by atoms with Gasteiger partial charge in [-0.15, -0.1) is 0 Å². The number of hydrogen-bond donors (Lipinski definition) is 0. The van der Waals surface area contributed by atoms with Crippen LogP contribution in [0.1, 0.15) is 29.3 Å². The van der Waals surface area contributed by atoms with Gasteiger partial charge in [0.2, 0.25) is 0 Å². The molecule has 1 aliphatic carbocycles. The van der Waals surface area contributed by atoms with Crippen LogP contribution >= 0.6 is 11.6 Å². The largest absolute Gasteiger partial charge is 0.496 e. The molecule has 1 heterocycles. The lowest BCUT2D eigenvalue weighted by molar-refractivity contribution is 0.0168. The minimum Gasteiger partial charge on any atom is -0.496 e. The van der Waals surface area contributed by atoms with Gasteiger partial charge in [-0.2, -0.15) is 0 Å². The van der Waals surface area contributed by atoms with E-state index in [1.54, 1.807) is 13.2 Å². The monoisotopic (exact) mass is 323 g/mol. The fourth-order valence-electron chi connectivity index (χ4n) is 3.50. The molecule has 120 valence electrons. The molecule has 1 aromatic carbocycles. The van der Waals surface area contributed by atoms with Crippen LogP contribution in [0.25, 0.3) is 0 Å². The van der Waals surface area contributed by atoms with Gasteiger partial charge in [-0.25, -0.2) is 0 Å². The number of carbonyl (C=O) groups is 1. The zero-order valence-corrected chi connectivity index (χ0v) is 13.9. The van der Waals surface area contributed by atoms with E-state index in [1.165, 1.54) is 0 Å². The number of fused-ring (bicyclic) bond motifs is 1. The molecule has 1 aromatic rings. The number of morpholine rings is 1. The van der Waals surface area contributed by atoms with Crippen LogP contribution in [-0.2, 0) is 11.2 Å². The third kappa shape index (κ3) is 2.75. The van der Waals surface area contributed by atoms with Crippen LogP contribution in [-0.4, -0.2) is 50.6 Å². The molecule has 0 bridgehead atoms. The number of halogens is 1. The predicted octanol–water partition coefficient (Wildman–Crippen LogP) is 2.82. The van der Waals surface area contributed by atoms with E-state index in [9.17, 15) is 4.79 Å². The number of nitrogens with zero attached hydrogens (tertiary/aromatic N) is 1. The third-order valence-corrected chi connectivity index (χ3v) is 5.13. The summed E-state index contributed by atoms with van der Waals surface area (Å²) in [4.78, 5) is 15.4. The molecule has 0 aromatic heterocycles. The number of carbonyl (C=O) groups excluding carboxylic acids is 1. The summed E-state index contributed by atoms with van der Waals surface area (Å²) in [7, 11) is 1.63. The van der Waals surface area contributed by atoms with E-state index in [1.807, 2.05) is 6.07 Å². The van der Waals surface area contributed by atoms with Gasteiger partial charge in [-0.1, -0.05) is 18.5 Å². The van der Waals surface area contributed by atoms with Gasteiger partial charge >= 0.3 is 0 Å². The maximum Gasteiger partial charge on any atom is 0.171 e. The van der Waals surface area contributed by atoms with Gasteiger partial charge in [0.1, 0.15) is 5.75 Å². The van der Waals surface area contributed by atoms with Crippen molar-refractivity contribution in [3.8, 4) is 5.75 Å². The second-order valence-electron chi connectivity index (χ2n) is 6.38. The van der Waals surface area contributed by atoms with Crippen molar-refractivity contribution in [2.24, 2.45) is 5.41 Å². The topological polar surface area (TPSA) is 38.8 Å². The molecule has 1 aliphatic heterocycles. The van der Waals surface area contributed by atoms with Crippen molar-refractivity contribution in [1.82, 2.24) is 4.90 Å². The standard InChI is InChI=1S/C17H22ClNO3/c1-17(11-19-7-9-22-10-8-19)6-5-12-14(21-2)4-3-13(18)15(12)16(17)20/h3-4H,5-11H2,1-2H3. The first kappa shape index (κ1) is 15.8. The maximum atomic E-state index is 13.1. The molecule has 0 saturated carbocycles. The molecule has 1 fully saturated rings. The molecule has 1 saturated heterocycles. The number of hydrogen-bond acceptors (Lipinski definition) is 4. The molecule has 3 rings (SSSR count). The highest BCUT2D eigenvalue weighted by atomic mass is 35.5. The molecular weight excluding hydrogens is 302 g/mol. The average molecular weight is 324 g/mol. The molecule has 0 amide bonds. The van der Waals surface area contributed by atoms with Gasteiger partial charge in [-0.3, -0.25) is 9.69 Å². The molecule has 4 nitrogen and oxygen atoms in total. The summed E-state index contributed by atoms with van der Waals surface area (Å²) in [6, 6.07) is 3.61. The van der Waals surface area contributed by atoms with Crippen LogP contribution in [0.4, 0.5) is 0 Å². The fourth-order valence-corrected chi connectivity index (χ4v) is 3.77. The number of benzene rings is 1. The highest BCUT2D eigenvalue weighted by molar-refractivity contribution is 6.34. The molecule has 1 atom stereocenters. The van der Waals surface area contributed by atoms with E-state index in [0.29, 0.717) is 10.6 Å². The number of ether oxygens (including phenoxy) is 2. The fraction of sp³-hybridized carbons (Fsp3) is 0.588. The van der Waals surface area contributed by atoms with Crippen molar-refractivity contribution in [2.45, 2.75) is 19.8 Å². The maximum absolute atomic E-state index is 13.1. The summed E-state index contributed by atoms with van der Waals surface area (Å²) in [6.45, 7) is 6.10. The van der Waals surface area contributed by atoms with Crippen LogP contribution in [0.15, 0.2) is 12.1 Å². The zero-order chi connectivity index (χ0) is 15.7. The van der Waals surface area contributed by atoms with Gasteiger partial charge in [0.05, 0.1) is 25.3 Å². The van der Waals surface area contributed by atoms with Gasteiger partial charge in [0, 0.05) is 36.2 Å². The zero-order valence-electron chi connectivity index (χ0n) is 13.2. The Labute approximate surface area is 136 Å². The Kier molecular flexibility index (Phi) is 4.44. The summed E-state index contributed by atoms with van der Waals surface area (Å²) in [6.07, 6.45) is 1.65. The Bertz CT molecular complexity index is 584. The van der Waals surface area contributed by atoms with Crippen molar-refractivity contribution in [3.63, 3.8) is 0 Å². The van der Waals surface area contributed by atoms with Crippen LogP contribution in [0.3, 0.4) is 0 Å². The van der Waals surface area contributed by atoms with Crippen LogP contribution in [0.2, 0.25) is 5.02 Å². The lowest BCUT2D eigenvalue weighted by Crippen LogP contribution is -2.47. The lowest BCUT2D eigenvalue weighted by Gasteiger charge is -2.39. The minimum atomic E-state index is -0.389. The molecule has 0 radical (unpaired) electrons. The van der Waals surface area contributed by atoms with Gasteiger partial charge in [0.25, 0.3) is 0 Å². The first-order chi connectivity index (χ1) is 10.5. The van der Waals surface area contributed by atoms with E-state index < -0.39 is 0 Å². The van der Waals surface area contributed by atoms with Gasteiger partial charge < -0.3 is 9.47 Å². The number of methoxy groups -OCH3 is 1. The second-order valence-corrected chi connectivity index (χ2v) is 6.79. The van der Waals surface area contributed by atoms with Crippen molar-refractivity contribution in [1.29, 1.82) is 0 Å². The van der Waals surface area contributed by atoms with E-state index >= 15 is 0 Å². The smallest absolute Gasteiger partial charge is 0.171 e. The van der Waals surface area contributed by atoms with Crippen molar-refractivity contribution >= 4 is 17.4 Å². The minimum absolute atomic E-state index is 0.143. The third-order valence-electron chi connectivity index (χ3n) is 4.82. The first-order valence-electron chi connectivity index (χ1n) is 7.75. The number of Topliss-reactive ketones (excluding diaryl/α,β-unsaturated/α-hetero) is 1. The average Bonchev–Trinajstić information content (AvgIpc) is 2.52. The van der Waals surface area contributed by atoms with E-state index in [-0.39, 0.29) is 11.2 Å². The molecule has 0 N–H and O–H groups in total. The Balaban J connectivity index is 1.89. The van der Waals surface area contributed by atoms with Crippen LogP contribution < -0.4 is 4.74 Å². The summed E-state index contributed by atoms with van der Waals surface area (Å²) < 4.78 is 10.8. The quantitative estimate of drug-likeness (QED) is 0.857.